The summed E-state index contributed by atoms with van der Waals surface area (Å²) in [5, 5.41) is 7.76. The lowest BCUT2D eigenvalue weighted by Gasteiger charge is -2.46. The molecular weight excluding hydrogens is 502 g/mol. The van der Waals surface area contributed by atoms with Gasteiger partial charge in [-0.2, -0.15) is 10.0 Å². The summed E-state index contributed by atoms with van der Waals surface area (Å²) in [6, 6.07) is 2.80. The van der Waals surface area contributed by atoms with Gasteiger partial charge in [0.2, 0.25) is 5.91 Å². The van der Waals surface area contributed by atoms with Crippen molar-refractivity contribution in [3.05, 3.63) is 22.3 Å². The fourth-order valence-electron chi connectivity index (χ4n) is 3.62. The molecule has 0 unspecified atom stereocenters. The number of likely N-dealkylation sites (N-methyl/N-ethyl adjacent to an activating group) is 1. The van der Waals surface area contributed by atoms with Gasteiger partial charge < -0.3 is 10.1 Å². The molecule has 1 aromatic heterocycles. The van der Waals surface area contributed by atoms with Crippen molar-refractivity contribution in [2.45, 2.75) is 96.6 Å². The van der Waals surface area contributed by atoms with Crippen LogP contribution < -0.4 is 5.32 Å². The van der Waals surface area contributed by atoms with Gasteiger partial charge in [-0.15, -0.1) is 0 Å². The van der Waals surface area contributed by atoms with Gasteiger partial charge in [0, 0.05) is 7.05 Å². The number of pyridine rings is 1. The van der Waals surface area contributed by atoms with Crippen LogP contribution in [0.25, 0.3) is 0 Å². The molecule has 0 aliphatic carbocycles. The van der Waals surface area contributed by atoms with Crippen molar-refractivity contribution in [2.24, 2.45) is 0 Å². The predicted molar refractivity (Wildman–Crippen MR) is 144 cm³/mol. The van der Waals surface area contributed by atoms with Crippen molar-refractivity contribution in [1.29, 1.82) is 0 Å². The highest BCUT2D eigenvalue weighted by Crippen LogP contribution is 2.59. The smallest absolute Gasteiger partial charge is 0.410 e. The second-order valence-corrected chi connectivity index (χ2v) is 15.3. The van der Waals surface area contributed by atoms with Crippen LogP contribution in [0.2, 0.25) is 0 Å². The summed E-state index contributed by atoms with van der Waals surface area (Å²) in [4.78, 5) is 30.9. The molecule has 8 heteroatoms. The van der Waals surface area contributed by atoms with Crippen LogP contribution in [-0.2, 0) is 9.53 Å². The molecule has 33 heavy (non-hydrogen) atoms. The minimum absolute atomic E-state index is 0.358. The minimum atomic E-state index is -1.21. The molecule has 0 bridgehead atoms. The van der Waals surface area contributed by atoms with E-state index in [0.717, 1.165) is 4.47 Å². The number of anilines is 1. The summed E-state index contributed by atoms with van der Waals surface area (Å²) in [7, 11) is 0.324. The molecular formula is C25H40BrN3O3S. The zero-order chi connectivity index (χ0) is 25.7. The molecule has 1 atom stereocenters. The zero-order valence-electron chi connectivity index (χ0n) is 21.9. The van der Waals surface area contributed by atoms with Gasteiger partial charge in [0.25, 0.3) is 0 Å². The Morgan fingerprint density at radius 2 is 1.58 bits per heavy atom. The number of ether oxygens (including phenoxy) is 1. The molecule has 0 aliphatic rings. The van der Waals surface area contributed by atoms with E-state index in [9.17, 15) is 9.59 Å². The van der Waals surface area contributed by atoms with E-state index in [2.05, 4.69) is 78.9 Å². The van der Waals surface area contributed by atoms with Gasteiger partial charge in [0.15, 0.2) is 0 Å². The number of hydrogen-bond acceptors (Lipinski definition) is 4. The van der Waals surface area contributed by atoms with E-state index >= 15 is 0 Å². The van der Waals surface area contributed by atoms with E-state index in [1.54, 1.807) is 33.8 Å². The molecule has 0 saturated carbocycles. The highest BCUT2D eigenvalue weighted by atomic mass is 79.9. The lowest BCUT2D eigenvalue weighted by Crippen LogP contribution is -2.45. The lowest BCUT2D eigenvalue weighted by molar-refractivity contribution is -0.120. The van der Waals surface area contributed by atoms with Crippen LogP contribution in [0.15, 0.2) is 16.6 Å². The summed E-state index contributed by atoms with van der Waals surface area (Å²) in [6.07, 6.45) is -0.559. The SMILES string of the molecule is CC(C)S(C#Cc1nc(NC(=O)[C@H](C)N(C)C(=O)OC(C)(C)C)ccc1Br)(C(C)C)C(C)C. The van der Waals surface area contributed by atoms with Gasteiger partial charge in [-0.3, -0.25) is 9.69 Å². The van der Waals surface area contributed by atoms with E-state index in [4.69, 9.17) is 4.74 Å². The topological polar surface area (TPSA) is 71.5 Å². The molecule has 1 aromatic rings. The Kier molecular flexibility index (Phi) is 10.3. The van der Waals surface area contributed by atoms with Crippen molar-refractivity contribution in [3.63, 3.8) is 0 Å². The molecule has 6 nitrogen and oxygen atoms in total. The zero-order valence-corrected chi connectivity index (χ0v) is 24.3. The van der Waals surface area contributed by atoms with Gasteiger partial charge in [0.1, 0.15) is 23.2 Å². The molecule has 0 aliphatic heterocycles. The first-order valence-electron chi connectivity index (χ1n) is 11.3. The van der Waals surface area contributed by atoms with Crippen LogP contribution in [0.4, 0.5) is 10.6 Å². The highest BCUT2D eigenvalue weighted by molar-refractivity contribution is 9.10. The van der Waals surface area contributed by atoms with Gasteiger partial charge in [0.05, 0.1) is 4.47 Å². The van der Waals surface area contributed by atoms with E-state index < -0.39 is 27.8 Å². The largest absolute Gasteiger partial charge is 0.444 e. The van der Waals surface area contributed by atoms with Gasteiger partial charge in [-0.05, 0) is 82.7 Å². The third-order valence-corrected chi connectivity index (χ3v) is 11.2. The van der Waals surface area contributed by atoms with Crippen LogP contribution >= 0.6 is 26.0 Å². The predicted octanol–water partition coefficient (Wildman–Crippen LogP) is 6.38. The second kappa shape index (κ2) is 11.6. The first-order chi connectivity index (χ1) is 15.0. The van der Waals surface area contributed by atoms with Gasteiger partial charge >= 0.3 is 6.09 Å². The minimum Gasteiger partial charge on any atom is -0.444 e. The first-order valence-corrected chi connectivity index (χ1v) is 13.9. The average molecular weight is 543 g/mol. The average Bonchev–Trinajstić information content (AvgIpc) is 2.67. The number of nitrogens with one attached hydrogen (secondary N) is 1. The van der Waals surface area contributed by atoms with E-state index in [1.807, 2.05) is 6.07 Å². The summed E-state index contributed by atoms with van der Waals surface area (Å²) in [5.41, 5.74) is -0.0542. The Morgan fingerprint density at radius 3 is 2.03 bits per heavy atom. The Balaban J connectivity index is 3.15. The van der Waals surface area contributed by atoms with Crippen LogP contribution in [-0.4, -0.2) is 56.3 Å². The van der Waals surface area contributed by atoms with Crippen molar-refractivity contribution >= 4 is 43.8 Å². The number of carbonyl (C=O) groups excluding carboxylic acids is 2. The fourth-order valence-corrected chi connectivity index (χ4v) is 8.19. The molecule has 0 saturated heterocycles. The number of carbonyl (C=O) groups is 2. The van der Waals surface area contributed by atoms with Gasteiger partial charge in [-0.1, -0.05) is 41.5 Å². The Bertz CT molecular complexity index is 892. The molecule has 1 rings (SSSR count). The molecule has 0 spiro atoms. The van der Waals surface area contributed by atoms with Crippen molar-refractivity contribution in [1.82, 2.24) is 9.88 Å². The summed E-state index contributed by atoms with van der Waals surface area (Å²) in [5.74, 6) is 3.33. The summed E-state index contributed by atoms with van der Waals surface area (Å²) in [6.45, 7) is 20.4. The number of halogens is 1. The molecule has 1 heterocycles. The molecule has 0 aromatic carbocycles. The van der Waals surface area contributed by atoms with Gasteiger partial charge in [-0.25, -0.2) is 9.78 Å². The number of amides is 2. The third kappa shape index (κ3) is 7.65. The van der Waals surface area contributed by atoms with E-state index in [1.165, 1.54) is 11.9 Å². The van der Waals surface area contributed by atoms with Crippen molar-refractivity contribution < 1.29 is 14.3 Å². The number of nitrogens with zero attached hydrogens (tertiary/aromatic N) is 2. The Hall–Kier alpha value is -1.72. The number of aromatic nitrogens is 1. The maximum Gasteiger partial charge on any atom is 0.410 e. The number of rotatable bonds is 6. The Morgan fingerprint density at radius 1 is 1.06 bits per heavy atom. The third-order valence-electron chi connectivity index (χ3n) is 5.43. The maximum absolute atomic E-state index is 12.8. The highest BCUT2D eigenvalue weighted by Gasteiger charge is 2.33. The van der Waals surface area contributed by atoms with E-state index in [0.29, 0.717) is 27.3 Å². The first kappa shape index (κ1) is 29.3. The summed E-state index contributed by atoms with van der Waals surface area (Å²) >= 11 is 3.54. The fraction of sp³-hybridized carbons (Fsp3) is 0.640. The van der Waals surface area contributed by atoms with Crippen LogP contribution in [0, 0.1) is 11.2 Å². The lowest BCUT2D eigenvalue weighted by atomic mass is 10.2. The van der Waals surface area contributed by atoms with Crippen molar-refractivity contribution in [3.8, 4) is 11.2 Å². The maximum atomic E-state index is 12.8. The van der Waals surface area contributed by atoms with Crippen molar-refractivity contribution in [2.75, 3.05) is 12.4 Å². The van der Waals surface area contributed by atoms with Crippen LogP contribution in [0.5, 0.6) is 0 Å². The molecule has 2 amide bonds. The van der Waals surface area contributed by atoms with Crippen LogP contribution in [0.3, 0.4) is 0 Å². The van der Waals surface area contributed by atoms with E-state index in [-0.39, 0.29) is 5.91 Å². The molecule has 0 fully saturated rings. The number of hydrogen-bond donors (Lipinski definition) is 1. The monoisotopic (exact) mass is 541 g/mol. The Labute approximate surface area is 210 Å². The quantitative estimate of drug-likeness (QED) is 0.424. The second-order valence-electron chi connectivity index (χ2n) is 9.92. The molecule has 0 radical (unpaired) electrons. The standard InChI is InChI=1S/C25H40BrN3O3S/c1-16(2)33(17(3)4,18(5)6)15-14-21-20(26)12-13-22(27-21)28-23(30)19(7)29(11)24(31)32-25(8,9)10/h12-13,16-19H,1-11H3,(H,27,28,30)/t19-/m0/s1. The normalized spacial score (nSPS) is 13.4. The van der Waals surface area contributed by atoms with Crippen LogP contribution in [0.1, 0.15) is 74.9 Å². The molecule has 1 N–H and O–H groups in total. The molecule has 186 valence electrons. The summed E-state index contributed by atoms with van der Waals surface area (Å²) < 4.78 is 6.12.